The van der Waals surface area contributed by atoms with E-state index >= 15 is 0 Å². The van der Waals surface area contributed by atoms with Crippen molar-refractivity contribution < 1.29 is 32.3 Å². The van der Waals surface area contributed by atoms with Crippen LogP contribution in [0, 0.1) is 0 Å². The van der Waals surface area contributed by atoms with Crippen molar-refractivity contribution in [2.75, 3.05) is 31.2 Å². The summed E-state index contributed by atoms with van der Waals surface area (Å²) in [6.07, 6.45) is 1.27. The largest absolute Gasteiger partial charge is 0.494 e. The third kappa shape index (κ3) is 7.51. The van der Waals surface area contributed by atoms with Gasteiger partial charge in [0, 0.05) is 18.2 Å². The Bertz CT molecular complexity index is 899. The van der Waals surface area contributed by atoms with Crippen molar-refractivity contribution in [3.05, 3.63) is 29.8 Å². The van der Waals surface area contributed by atoms with Crippen LogP contribution >= 0.6 is 0 Å². The number of hydrogen-bond donors (Lipinski definition) is 1. The average Bonchev–Trinajstić information content (AvgIpc) is 3.12. The summed E-state index contributed by atoms with van der Waals surface area (Å²) in [5, 5.41) is 2.47. The number of carbonyl (C=O) groups is 3. The fourth-order valence-electron chi connectivity index (χ4n) is 3.43. The van der Waals surface area contributed by atoms with Gasteiger partial charge in [0.15, 0.2) is 15.9 Å². The van der Waals surface area contributed by atoms with Crippen LogP contribution in [-0.4, -0.2) is 74.4 Å². The van der Waals surface area contributed by atoms with Crippen LogP contribution in [0.3, 0.4) is 0 Å². The third-order valence-corrected chi connectivity index (χ3v) is 6.96. The van der Waals surface area contributed by atoms with Crippen LogP contribution in [0.1, 0.15) is 50.4 Å². The first-order valence-corrected chi connectivity index (χ1v) is 12.7. The van der Waals surface area contributed by atoms with Gasteiger partial charge in [0.05, 0.1) is 18.1 Å². The molecule has 0 bridgehead atoms. The van der Waals surface area contributed by atoms with E-state index in [4.69, 9.17) is 9.47 Å². The maximum absolute atomic E-state index is 12.6. The zero-order chi connectivity index (χ0) is 23.7. The molecule has 1 N–H and O–H groups in total. The summed E-state index contributed by atoms with van der Waals surface area (Å²) in [6.45, 7) is 5.78. The number of sulfone groups is 1. The lowest BCUT2D eigenvalue weighted by molar-refractivity contribution is -0.159. The highest BCUT2D eigenvalue weighted by Gasteiger charge is 2.36. The van der Waals surface area contributed by atoms with E-state index in [-0.39, 0.29) is 11.5 Å². The molecule has 1 fully saturated rings. The zero-order valence-electron chi connectivity index (χ0n) is 18.8. The summed E-state index contributed by atoms with van der Waals surface area (Å²) in [4.78, 5) is 38.4. The minimum atomic E-state index is -3.14. The summed E-state index contributed by atoms with van der Waals surface area (Å²) in [5.74, 6) is -1.02. The lowest BCUT2D eigenvalue weighted by Crippen LogP contribution is -2.47. The van der Waals surface area contributed by atoms with Gasteiger partial charge in [-0.25, -0.2) is 8.42 Å². The summed E-state index contributed by atoms with van der Waals surface area (Å²) >= 11 is 0. The van der Waals surface area contributed by atoms with Crippen LogP contribution in [0.2, 0.25) is 0 Å². The molecule has 1 saturated heterocycles. The topological polar surface area (TPSA) is 119 Å². The van der Waals surface area contributed by atoms with E-state index in [1.807, 2.05) is 0 Å². The molecular weight excluding hydrogens is 436 g/mol. The molecule has 0 radical (unpaired) electrons. The van der Waals surface area contributed by atoms with Crippen molar-refractivity contribution in [2.24, 2.45) is 0 Å². The number of ether oxygens (including phenoxy) is 2. The maximum atomic E-state index is 12.6. The van der Waals surface area contributed by atoms with E-state index in [0.717, 1.165) is 12.8 Å². The maximum Gasteiger partial charge on any atom is 0.326 e. The molecule has 1 aromatic rings. The molecule has 2 atom stereocenters. The minimum Gasteiger partial charge on any atom is -0.494 e. The van der Waals surface area contributed by atoms with E-state index in [1.54, 1.807) is 31.2 Å². The van der Waals surface area contributed by atoms with Crippen LogP contribution in [0.4, 0.5) is 0 Å². The Hall–Kier alpha value is -2.62. The third-order valence-electron chi connectivity index (χ3n) is 5.21. The van der Waals surface area contributed by atoms with Crippen LogP contribution < -0.4 is 10.1 Å². The molecule has 2 amide bonds. The van der Waals surface area contributed by atoms with Crippen molar-refractivity contribution in [3.63, 3.8) is 0 Å². The van der Waals surface area contributed by atoms with Crippen LogP contribution in [0.5, 0.6) is 5.75 Å². The summed E-state index contributed by atoms with van der Waals surface area (Å²) in [6, 6.07) is 6.16. The number of amides is 2. The number of nitrogens with one attached hydrogen (secondary N) is 1. The molecule has 0 aliphatic carbocycles. The van der Waals surface area contributed by atoms with Gasteiger partial charge in [-0.2, -0.15) is 0 Å². The molecular formula is C22H32N2O7S. The quantitative estimate of drug-likeness (QED) is 0.387. The number of carbonyl (C=O) groups excluding carboxylic acids is 3. The number of hydrogen-bond acceptors (Lipinski definition) is 7. The fraction of sp³-hybridized carbons (Fsp3) is 0.591. The lowest BCUT2D eigenvalue weighted by Gasteiger charge is -2.29. The zero-order valence-corrected chi connectivity index (χ0v) is 19.7. The van der Waals surface area contributed by atoms with Gasteiger partial charge in [0.2, 0.25) is 0 Å². The second kappa shape index (κ2) is 11.8. The van der Waals surface area contributed by atoms with E-state index in [9.17, 15) is 22.8 Å². The van der Waals surface area contributed by atoms with Crippen molar-refractivity contribution >= 4 is 27.6 Å². The summed E-state index contributed by atoms with van der Waals surface area (Å²) < 4.78 is 34.1. The monoisotopic (exact) mass is 468 g/mol. The standard InChI is InChI=1S/C22H32N2O7S/c1-4-6-12-30-19-9-7-17(8-10-19)21(26)23-14-20(25)31-16(3)22(27)24(5-2)18-11-13-32(28,29)15-18/h7-10,16,18H,4-6,11-15H2,1-3H3,(H,23,26). The first-order valence-electron chi connectivity index (χ1n) is 10.9. The Morgan fingerprint density at radius 3 is 2.44 bits per heavy atom. The number of unbranched alkanes of at least 4 members (excludes halogenated alkanes) is 1. The SMILES string of the molecule is CCCCOc1ccc(C(=O)NCC(=O)OC(C)C(=O)N(CC)C2CCS(=O)(=O)C2)cc1. The Morgan fingerprint density at radius 1 is 1.19 bits per heavy atom. The van der Waals surface area contributed by atoms with Gasteiger partial charge in [0.25, 0.3) is 11.8 Å². The molecule has 32 heavy (non-hydrogen) atoms. The van der Waals surface area contributed by atoms with Gasteiger partial charge >= 0.3 is 5.97 Å². The Kier molecular flexibility index (Phi) is 9.49. The molecule has 10 heteroatoms. The van der Waals surface area contributed by atoms with Gasteiger partial charge in [-0.1, -0.05) is 13.3 Å². The smallest absolute Gasteiger partial charge is 0.326 e. The summed E-state index contributed by atoms with van der Waals surface area (Å²) in [7, 11) is -3.14. The molecule has 1 aliphatic heterocycles. The first kappa shape index (κ1) is 25.6. The molecule has 9 nitrogen and oxygen atoms in total. The van der Waals surface area contributed by atoms with Crippen LogP contribution in [0.15, 0.2) is 24.3 Å². The predicted octanol–water partition coefficient (Wildman–Crippen LogP) is 1.56. The highest BCUT2D eigenvalue weighted by molar-refractivity contribution is 7.91. The highest BCUT2D eigenvalue weighted by atomic mass is 32.2. The van der Waals surface area contributed by atoms with Gasteiger partial charge in [-0.3, -0.25) is 14.4 Å². The molecule has 2 rings (SSSR count). The average molecular weight is 469 g/mol. The Morgan fingerprint density at radius 2 is 1.88 bits per heavy atom. The van der Waals surface area contributed by atoms with Gasteiger partial charge in [-0.05, 0) is 51.0 Å². The van der Waals surface area contributed by atoms with Gasteiger partial charge in [-0.15, -0.1) is 0 Å². The minimum absolute atomic E-state index is 0.0491. The Labute approximate surface area is 189 Å². The van der Waals surface area contributed by atoms with E-state index in [0.29, 0.717) is 30.9 Å². The molecule has 0 spiro atoms. The van der Waals surface area contributed by atoms with Crippen LogP contribution in [0.25, 0.3) is 0 Å². The van der Waals surface area contributed by atoms with Crippen molar-refractivity contribution in [1.29, 1.82) is 0 Å². The number of nitrogens with zero attached hydrogens (tertiary/aromatic N) is 1. The Balaban J connectivity index is 1.81. The summed E-state index contributed by atoms with van der Waals surface area (Å²) in [5.41, 5.74) is 0.365. The first-order chi connectivity index (χ1) is 15.2. The number of benzene rings is 1. The normalized spacial score (nSPS) is 17.9. The van der Waals surface area contributed by atoms with Gasteiger partial charge in [0.1, 0.15) is 12.3 Å². The number of likely N-dealkylation sites (N-methyl/N-ethyl adjacent to an activating group) is 1. The molecule has 1 heterocycles. The van der Waals surface area contributed by atoms with E-state index in [1.165, 1.54) is 11.8 Å². The highest BCUT2D eigenvalue weighted by Crippen LogP contribution is 2.19. The predicted molar refractivity (Wildman–Crippen MR) is 119 cm³/mol. The van der Waals surface area contributed by atoms with Crippen molar-refractivity contribution in [3.8, 4) is 5.75 Å². The molecule has 0 aromatic heterocycles. The fourth-order valence-corrected chi connectivity index (χ4v) is 5.16. The number of rotatable bonds is 11. The number of esters is 1. The van der Waals surface area contributed by atoms with Crippen molar-refractivity contribution in [1.82, 2.24) is 10.2 Å². The van der Waals surface area contributed by atoms with Crippen LogP contribution in [-0.2, 0) is 24.2 Å². The van der Waals surface area contributed by atoms with Gasteiger partial charge < -0.3 is 19.7 Å². The molecule has 1 aliphatic rings. The van der Waals surface area contributed by atoms with E-state index < -0.39 is 46.3 Å². The second-order valence-corrected chi connectivity index (χ2v) is 9.95. The molecule has 178 valence electrons. The molecule has 1 aromatic carbocycles. The second-order valence-electron chi connectivity index (χ2n) is 7.72. The lowest BCUT2D eigenvalue weighted by atomic mass is 10.2. The van der Waals surface area contributed by atoms with E-state index in [2.05, 4.69) is 12.2 Å². The molecule has 2 unspecified atom stereocenters. The van der Waals surface area contributed by atoms with Crippen molar-refractivity contribution in [2.45, 2.75) is 52.2 Å². The molecule has 0 saturated carbocycles.